The molecule has 70 valence electrons. The zero-order chi connectivity index (χ0) is 8.81. The molecule has 0 aromatic rings. The molecule has 2 heteroatoms. The van der Waals surface area contributed by atoms with Gasteiger partial charge in [0.15, 0.2) is 0 Å². The summed E-state index contributed by atoms with van der Waals surface area (Å²) >= 11 is 2.01. The van der Waals surface area contributed by atoms with Crippen LogP contribution in [0, 0.1) is 0 Å². The summed E-state index contributed by atoms with van der Waals surface area (Å²) < 4.78 is 0. The Morgan fingerprint density at radius 2 is 2.33 bits per heavy atom. The highest BCUT2D eigenvalue weighted by molar-refractivity contribution is 7.99. The first-order valence-corrected chi connectivity index (χ1v) is 6.04. The third kappa shape index (κ3) is 2.83. The molecule has 1 aliphatic rings. The molecule has 2 atom stereocenters. The SMILES string of the molecule is C/C=C/CNC1CCCC1SC. The molecule has 1 N–H and O–H groups in total. The maximum absolute atomic E-state index is 3.58. The fourth-order valence-electron chi connectivity index (χ4n) is 1.78. The Hall–Kier alpha value is 0.0500. The van der Waals surface area contributed by atoms with Gasteiger partial charge >= 0.3 is 0 Å². The first-order valence-electron chi connectivity index (χ1n) is 4.75. The lowest BCUT2D eigenvalue weighted by Gasteiger charge is -2.17. The van der Waals surface area contributed by atoms with Crippen molar-refractivity contribution >= 4 is 11.8 Å². The summed E-state index contributed by atoms with van der Waals surface area (Å²) in [5.74, 6) is 0. The molecule has 0 amide bonds. The molecule has 0 radical (unpaired) electrons. The predicted molar refractivity (Wildman–Crippen MR) is 57.8 cm³/mol. The molecular weight excluding hydrogens is 166 g/mol. The molecule has 1 nitrogen and oxygen atoms in total. The Balaban J connectivity index is 2.21. The fraction of sp³-hybridized carbons (Fsp3) is 0.800. The highest BCUT2D eigenvalue weighted by Gasteiger charge is 2.24. The van der Waals surface area contributed by atoms with Crippen LogP contribution in [0.3, 0.4) is 0 Å². The van der Waals surface area contributed by atoms with Gasteiger partial charge in [-0.15, -0.1) is 0 Å². The van der Waals surface area contributed by atoms with Crippen molar-refractivity contribution in [2.24, 2.45) is 0 Å². The molecule has 0 spiro atoms. The molecule has 0 bridgehead atoms. The van der Waals surface area contributed by atoms with Gasteiger partial charge in [0.05, 0.1) is 0 Å². The normalized spacial score (nSPS) is 30.2. The van der Waals surface area contributed by atoms with Gasteiger partial charge in [0.2, 0.25) is 0 Å². The molecule has 0 aliphatic heterocycles. The van der Waals surface area contributed by atoms with Crippen molar-refractivity contribution in [3.05, 3.63) is 12.2 Å². The van der Waals surface area contributed by atoms with Crippen LogP contribution in [0.15, 0.2) is 12.2 Å². The lowest BCUT2D eigenvalue weighted by molar-refractivity contribution is 0.565. The summed E-state index contributed by atoms with van der Waals surface area (Å²) in [6.45, 7) is 3.11. The van der Waals surface area contributed by atoms with Crippen molar-refractivity contribution < 1.29 is 0 Å². The summed E-state index contributed by atoms with van der Waals surface area (Å²) in [4.78, 5) is 0. The molecule has 2 unspecified atom stereocenters. The monoisotopic (exact) mass is 185 g/mol. The second-order valence-electron chi connectivity index (χ2n) is 3.29. The average Bonchev–Trinajstić information content (AvgIpc) is 2.52. The van der Waals surface area contributed by atoms with Crippen LogP contribution in [0.1, 0.15) is 26.2 Å². The van der Waals surface area contributed by atoms with Crippen molar-refractivity contribution in [2.45, 2.75) is 37.5 Å². The molecule has 1 saturated carbocycles. The Bertz CT molecular complexity index is 145. The van der Waals surface area contributed by atoms with Crippen LogP contribution in [-0.2, 0) is 0 Å². The van der Waals surface area contributed by atoms with Gasteiger partial charge in [0, 0.05) is 17.8 Å². The van der Waals surface area contributed by atoms with E-state index in [4.69, 9.17) is 0 Å². The van der Waals surface area contributed by atoms with E-state index in [0.29, 0.717) is 0 Å². The summed E-state index contributed by atoms with van der Waals surface area (Å²) in [5.41, 5.74) is 0. The highest BCUT2D eigenvalue weighted by Crippen LogP contribution is 2.28. The highest BCUT2D eigenvalue weighted by atomic mass is 32.2. The number of allylic oxidation sites excluding steroid dienone is 1. The second kappa shape index (κ2) is 5.65. The molecule has 0 saturated heterocycles. The minimum Gasteiger partial charge on any atom is -0.309 e. The Labute approximate surface area is 80.0 Å². The summed E-state index contributed by atoms with van der Waals surface area (Å²) in [5, 5.41) is 4.43. The Kier molecular flexibility index (Phi) is 4.77. The van der Waals surface area contributed by atoms with Crippen LogP contribution in [-0.4, -0.2) is 24.1 Å². The summed E-state index contributed by atoms with van der Waals surface area (Å²) in [6, 6.07) is 0.760. The standard InChI is InChI=1S/C10H19NS/c1-3-4-8-11-9-6-5-7-10(9)12-2/h3-4,9-11H,5-8H2,1-2H3/b4-3+. The fourth-order valence-corrected chi connectivity index (χ4v) is 2.74. The van der Waals surface area contributed by atoms with Gasteiger partial charge in [0.1, 0.15) is 0 Å². The number of thioether (sulfide) groups is 1. The molecule has 1 rings (SSSR count). The quantitative estimate of drug-likeness (QED) is 0.675. The summed E-state index contributed by atoms with van der Waals surface area (Å²) in [7, 11) is 0. The van der Waals surface area contributed by atoms with Gasteiger partial charge in [-0.3, -0.25) is 0 Å². The lowest BCUT2D eigenvalue weighted by atomic mass is 10.2. The van der Waals surface area contributed by atoms with Gasteiger partial charge < -0.3 is 5.32 Å². The maximum atomic E-state index is 3.58. The van der Waals surface area contributed by atoms with Gasteiger partial charge in [-0.25, -0.2) is 0 Å². The van der Waals surface area contributed by atoms with Crippen LogP contribution in [0.4, 0.5) is 0 Å². The smallest absolute Gasteiger partial charge is 0.0198 e. The number of rotatable bonds is 4. The second-order valence-corrected chi connectivity index (χ2v) is 4.37. The third-order valence-electron chi connectivity index (χ3n) is 2.49. The number of hydrogen-bond donors (Lipinski definition) is 1. The van der Waals surface area contributed by atoms with Crippen LogP contribution in [0.25, 0.3) is 0 Å². The Morgan fingerprint density at radius 3 is 3.00 bits per heavy atom. The van der Waals surface area contributed by atoms with Crippen molar-refractivity contribution in [1.29, 1.82) is 0 Å². The molecule has 0 aromatic heterocycles. The van der Waals surface area contributed by atoms with E-state index in [2.05, 4.69) is 30.6 Å². The van der Waals surface area contributed by atoms with Crippen LogP contribution in [0.5, 0.6) is 0 Å². The number of hydrogen-bond acceptors (Lipinski definition) is 2. The van der Waals surface area contributed by atoms with E-state index in [-0.39, 0.29) is 0 Å². The van der Waals surface area contributed by atoms with Crippen molar-refractivity contribution in [3.63, 3.8) is 0 Å². The van der Waals surface area contributed by atoms with Crippen molar-refractivity contribution in [1.82, 2.24) is 5.32 Å². The molecule has 12 heavy (non-hydrogen) atoms. The first-order chi connectivity index (χ1) is 5.88. The molecule has 0 heterocycles. The summed E-state index contributed by atoms with van der Waals surface area (Å²) in [6.07, 6.45) is 10.7. The van der Waals surface area contributed by atoms with Gasteiger partial charge in [-0.2, -0.15) is 11.8 Å². The van der Waals surface area contributed by atoms with Gasteiger partial charge in [0.25, 0.3) is 0 Å². The van der Waals surface area contributed by atoms with E-state index >= 15 is 0 Å². The van der Waals surface area contributed by atoms with Crippen LogP contribution in [0.2, 0.25) is 0 Å². The van der Waals surface area contributed by atoms with E-state index in [9.17, 15) is 0 Å². The minimum atomic E-state index is 0.760. The predicted octanol–water partition coefficient (Wildman–Crippen LogP) is 2.44. The zero-order valence-corrected chi connectivity index (χ0v) is 8.86. The van der Waals surface area contributed by atoms with Crippen molar-refractivity contribution in [3.8, 4) is 0 Å². The van der Waals surface area contributed by atoms with E-state index in [1.807, 2.05) is 11.8 Å². The van der Waals surface area contributed by atoms with E-state index in [0.717, 1.165) is 17.8 Å². The average molecular weight is 185 g/mol. The van der Waals surface area contributed by atoms with Crippen LogP contribution >= 0.6 is 11.8 Å². The molecule has 1 fully saturated rings. The first kappa shape index (κ1) is 10.1. The maximum Gasteiger partial charge on any atom is 0.0198 e. The molecule has 1 aliphatic carbocycles. The number of nitrogens with one attached hydrogen (secondary N) is 1. The van der Waals surface area contributed by atoms with E-state index in [1.165, 1.54) is 19.3 Å². The van der Waals surface area contributed by atoms with Gasteiger partial charge in [-0.05, 0) is 26.0 Å². The minimum absolute atomic E-state index is 0.760. The lowest BCUT2D eigenvalue weighted by Crippen LogP contribution is -2.33. The van der Waals surface area contributed by atoms with Crippen molar-refractivity contribution in [2.75, 3.05) is 12.8 Å². The third-order valence-corrected chi connectivity index (χ3v) is 3.66. The zero-order valence-electron chi connectivity index (χ0n) is 8.05. The van der Waals surface area contributed by atoms with Gasteiger partial charge in [-0.1, -0.05) is 18.6 Å². The topological polar surface area (TPSA) is 12.0 Å². The van der Waals surface area contributed by atoms with Crippen LogP contribution < -0.4 is 5.32 Å². The largest absolute Gasteiger partial charge is 0.309 e. The molecule has 0 aromatic carbocycles. The Morgan fingerprint density at radius 1 is 1.50 bits per heavy atom. The van der Waals surface area contributed by atoms with E-state index in [1.54, 1.807) is 0 Å². The molecular formula is C10H19NS. The van der Waals surface area contributed by atoms with E-state index < -0.39 is 0 Å².